The molecule has 0 bridgehead atoms. The molecule has 0 aliphatic rings. The molecule has 1 amide bonds. The van der Waals surface area contributed by atoms with Gasteiger partial charge in [0.05, 0.1) is 23.1 Å². The number of aromatic nitrogens is 4. The SMILES string of the molecule is Cn1cc(-c2cc(-c3ccc(F)c(F)c3)ncc2Oc2cc(F)c(S(=O)(=O)N(C(=O)O)c3csc(C(C)(C)C)n3)cc2Cl)cn1. The van der Waals surface area contributed by atoms with Gasteiger partial charge in [-0.15, -0.1) is 15.6 Å². The van der Waals surface area contributed by atoms with Crippen molar-refractivity contribution in [3.8, 4) is 33.9 Å². The van der Waals surface area contributed by atoms with Crippen molar-refractivity contribution in [1.29, 1.82) is 0 Å². The van der Waals surface area contributed by atoms with E-state index in [1.54, 1.807) is 13.2 Å². The summed E-state index contributed by atoms with van der Waals surface area (Å²) in [5, 5.41) is 15.3. The number of benzene rings is 2. The predicted molar refractivity (Wildman–Crippen MR) is 162 cm³/mol. The number of amides is 1. The Balaban J connectivity index is 1.54. The molecule has 0 saturated heterocycles. The molecule has 3 heterocycles. The number of thiazole rings is 1. The van der Waals surface area contributed by atoms with E-state index < -0.39 is 49.7 Å². The molecule has 10 nitrogen and oxygen atoms in total. The fraction of sp³-hybridized carbons (Fsp3) is 0.172. The van der Waals surface area contributed by atoms with Gasteiger partial charge in [-0.2, -0.15) is 5.10 Å². The topological polar surface area (TPSA) is 128 Å². The molecule has 0 aliphatic heterocycles. The van der Waals surface area contributed by atoms with Gasteiger partial charge in [-0.3, -0.25) is 9.67 Å². The number of anilines is 1. The van der Waals surface area contributed by atoms with Crippen LogP contribution in [-0.4, -0.2) is 39.4 Å². The first-order chi connectivity index (χ1) is 21.1. The van der Waals surface area contributed by atoms with Gasteiger partial charge in [-0.1, -0.05) is 32.4 Å². The number of carbonyl (C=O) groups is 1. The molecule has 0 unspecified atom stereocenters. The normalized spacial score (nSPS) is 11.9. The third-order valence-electron chi connectivity index (χ3n) is 6.34. The highest BCUT2D eigenvalue weighted by Gasteiger charge is 2.36. The summed E-state index contributed by atoms with van der Waals surface area (Å²) in [6, 6.07) is 6.24. The first-order valence-corrected chi connectivity index (χ1v) is 15.6. The molecule has 45 heavy (non-hydrogen) atoms. The van der Waals surface area contributed by atoms with Crippen LogP contribution in [0.1, 0.15) is 25.8 Å². The maximum Gasteiger partial charge on any atom is 0.427 e. The van der Waals surface area contributed by atoms with Crippen molar-refractivity contribution in [2.24, 2.45) is 7.05 Å². The molecule has 0 aliphatic carbocycles. The molecule has 1 N–H and O–H groups in total. The van der Waals surface area contributed by atoms with Gasteiger partial charge < -0.3 is 9.84 Å². The Bertz CT molecular complexity index is 2060. The number of hydrogen-bond donors (Lipinski definition) is 1. The molecule has 0 atom stereocenters. The fourth-order valence-electron chi connectivity index (χ4n) is 4.15. The van der Waals surface area contributed by atoms with Crippen LogP contribution in [0.15, 0.2) is 65.3 Å². The van der Waals surface area contributed by atoms with Gasteiger partial charge in [0, 0.05) is 46.8 Å². The summed E-state index contributed by atoms with van der Waals surface area (Å²) in [6.07, 6.45) is 2.49. The van der Waals surface area contributed by atoms with E-state index in [0.29, 0.717) is 22.2 Å². The largest absolute Gasteiger partial charge is 0.464 e. The second-order valence-corrected chi connectivity index (χ2v) is 13.7. The quantitative estimate of drug-likeness (QED) is 0.186. The maximum atomic E-state index is 15.5. The van der Waals surface area contributed by atoms with Gasteiger partial charge in [0.25, 0.3) is 10.0 Å². The second-order valence-electron chi connectivity index (χ2n) is 10.7. The van der Waals surface area contributed by atoms with E-state index in [1.165, 1.54) is 34.6 Å². The van der Waals surface area contributed by atoms with E-state index in [4.69, 9.17) is 16.3 Å². The van der Waals surface area contributed by atoms with Crippen LogP contribution in [0.3, 0.4) is 0 Å². The Morgan fingerprint density at radius 2 is 1.76 bits per heavy atom. The standard InChI is InChI=1S/C29H23ClF3N5O5S2/c1-29(2,3)27-36-26(14-44-27)38(28(39)40)45(41,42)25-9-18(30)23(10-21(25)33)43-24-12-34-22(15-5-6-19(31)20(32)7-15)8-17(24)16-11-35-37(4)13-16/h5-14H,1-4H3,(H,39,40). The molecular weight excluding hydrogens is 655 g/mol. The van der Waals surface area contributed by atoms with Crippen LogP contribution >= 0.6 is 22.9 Å². The van der Waals surface area contributed by atoms with Gasteiger partial charge in [-0.25, -0.2) is 31.4 Å². The van der Waals surface area contributed by atoms with Crippen LogP contribution < -0.4 is 9.04 Å². The van der Waals surface area contributed by atoms with E-state index in [2.05, 4.69) is 15.1 Å². The van der Waals surface area contributed by atoms with E-state index in [-0.39, 0.29) is 32.1 Å². The minimum absolute atomic E-state index is 0.0184. The van der Waals surface area contributed by atoms with E-state index in [1.807, 2.05) is 20.8 Å². The van der Waals surface area contributed by atoms with Crippen LogP contribution in [0, 0.1) is 17.5 Å². The molecular formula is C29H23ClF3N5O5S2. The summed E-state index contributed by atoms with van der Waals surface area (Å²) in [5.41, 5.74) is 0.901. The van der Waals surface area contributed by atoms with Crippen LogP contribution in [0.4, 0.5) is 23.8 Å². The minimum atomic E-state index is -5.04. The molecule has 16 heteroatoms. The second kappa shape index (κ2) is 11.8. The molecule has 2 aromatic carbocycles. The molecule has 5 rings (SSSR count). The van der Waals surface area contributed by atoms with Crippen LogP contribution in [0.2, 0.25) is 5.02 Å². The zero-order valence-corrected chi connectivity index (χ0v) is 26.3. The van der Waals surface area contributed by atoms with E-state index in [0.717, 1.165) is 29.5 Å². The van der Waals surface area contributed by atoms with Crippen molar-refractivity contribution in [3.63, 3.8) is 0 Å². The van der Waals surface area contributed by atoms with Crippen molar-refractivity contribution < 1.29 is 36.2 Å². The lowest BCUT2D eigenvalue weighted by Gasteiger charge is -2.19. The number of rotatable bonds is 7. The highest BCUT2D eigenvalue weighted by molar-refractivity contribution is 7.93. The Morgan fingerprint density at radius 1 is 1.02 bits per heavy atom. The molecule has 0 radical (unpaired) electrons. The molecule has 0 spiro atoms. The summed E-state index contributed by atoms with van der Waals surface area (Å²) >= 11 is 7.42. The zero-order chi connectivity index (χ0) is 32.8. The highest BCUT2D eigenvalue weighted by Crippen LogP contribution is 2.40. The highest BCUT2D eigenvalue weighted by atomic mass is 35.5. The summed E-state index contributed by atoms with van der Waals surface area (Å²) in [7, 11) is -3.37. The van der Waals surface area contributed by atoms with Gasteiger partial charge in [-0.05, 0) is 30.3 Å². The lowest BCUT2D eigenvalue weighted by atomic mass is 9.98. The van der Waals surface area contributed by atoms with Gasteiger partial charge >= 0.3 is 6.09 Å². The summed E-state index contributed by atoms with van der Waals surface area (Å²) in [5.74, 6) is -4.13. The smallest absolute Gasteiger partial charge is 0.427 e. The average Bonchev–Trinajstić information content (AvgIpc) is 3.61. The molecule has 5 aromatic rings. The number of ether oxygens (including phenoxy) is 1. The lowest BCUT2D eigenvalue weighted by Crippen LogP contribution is -2.36. The van der Waals surface area contributed by atoms with E-state index in [9.17, 15) is 27.1 Å². The lowest BCUT2D eigenvalue weighted by molar-refractivity contribution is 0.206. The monoisotopic (exact) mass is 677 g/mol. The Labute approximate surface area is 264 Å². The molecule has 3 aromatic heterocycles. The van der Waals surface area contributed by atoms with Crippen molar-refractivity contribution in [2.45, 2.75) is 31.1 Å². The van der Waals surface area contributed by atoms with Crippen molar-refractivity contribution in [1.82, 2.24) is 19.7 Å². The Kier molecular flexibility index (Phi) is 8.37. The summed E-state index contributed by atoms with van der Waals surface area (Å²) < 4.78 is 77.2. The van der Waals surface area contributed by atoms with Gasteiger partial charge in [0.2, 0.25) is 0 Å². The molecule has 0 saturated carbocycles. The van der Waals surface area contributed by atoms with Crippen LogP contribution in [-0.2, 0) is 22.5 Å². The predicted octanol–water partition coefficient (Wildman–Crippen LogP) is 7.64. The fourth-order valence-corrected chi connectivity index (χ4v) is 6.68. The summed E-state index contributed by atoms with van der Waals surface area (Å²) in [6.45, 7) is 5.45. The Hall–Kier alpha value is -4.47. The van der Waals surface area contributed by atoms with Gasteiger partial charge in [0.1, 0.15) is 21.5 Å². The minimum Gasteiger partial charge on any atom is -0.464 e. The van der Waals surface area contributed by atoms with Gasteiger partial charge in [0.15, 0.2) is 23.2 Å². The van der Waals surface area contributed by atoms with Crippen LogP contribution in [0.25, 0.3) is 22.4 Å². The van der Waals surface area contributed by atoms with Crippen molar-refractivity contribution >= 4 is 44.9 Å². The first kappa shape index (κ1) is 31.9. The number of halogens is 4. The number of carboxylic acid groups (broad SMARTS) is 1. The number of pyridine rings is 1. The number of sulfonamides is 1. The maximum absolute atomic E-state index is 15.5. The molecule has 234 valence electrons. The van der Waals surface area contributed by atoms with Crippen molar-refractivity contribution in [2.75, 3.05) is 4.31 Å². The third-order valence-corrected chi connectivity index (χ3v) is 9.58. The number of nitrogens with zero attached hydrogens (tertiary/aromatic N) is 5. The van der Waals surface area contributed by atoms with Crippen molar-refractivity contribution in [3.05, 3.63) is 87.9 Å². The summed E-state index contributed by atoms with van der Waals surface area (Å²) in [4.78, 5) is 19.5. The van der Waals surface area contributed by atoms with Crippen LogP contribution in [0.5, 0.6) is 11.5 Å². The molecule has 0 fully saturated rings. The number of hydrogen-bond acceptors (Lipinski definition) is 8. The average molecular weight is 678 g/mol. The Morgan fingerprint density at radius 3 is 2.36 bits per heavy atom. The zero-order valence-electron chi connectivity index (χ0n) is 23.9. The number of aryl methyl sites for hydroxylation is 1. The first-order valence-electron chi connectivity index (χ1n) is 12.9. The van der Waals surface area contributed by atoms with E-state index >= 15 is 4.39 Å². The third kappa shape index (κ3) is 6.36.